The average molecular weight is 607 g/mol. The topological polar surface area (TPSA) is 114 Å². The number of piperidine rings is 1. The second-order valence-corrected chi connectivity index (χ2v) is 12.0. The highest BCUT2D eigenvalue weighted by Gasteiger charge is 2.28. The molecule has 45 heavy (non-hydrogen) atoms. The zero-order valence-corrected chi connectivity index (χ0v) is 26.9. The highest BCUT2D eigenvalue weighted by Crippen LogP contribution is 2.29. The number of nitrogens with two attached hydrogens (primary N) is 1. The first-order valence-corrected chi connectivity index (χ1v) is 16.0. The molecule has 5 N–H and O–H groups in total. The molecule has 3 aromatic rings. The Morgan fingerprint density at radius 3 is 2.71 bits per heavy atom. The number of carbonyl (C=O) groups excluding carboxylic acids is 1. The molecule has 0 unspecified atom stereocenters. The van der Waals surface area contributed by atoms with Crippen LogP contribution in [0.5, 0.6) is 0 Å². The van der Waals surface area contributed by atoms with Crippen LogP contribution in [0.4, 0.5) is 5.69 Å². The van der Waals surface area contributed by atoms with Gasteiger partial charge in [-0.05, 0) is 66.7 Å². The van der Waals surface area contributed by atoms with Gasteiger partial charge in [0.1, 0.15) is 5.82 Å². The predicted molar refractivity (Wildman–Crippen MR) is 187 cm³/mol. The first-order chi connectivity index (χ1) is 21.8. The molecule has 0 aliphatic carbocycles. The number of hydrogen-bond acceptors (Lipinski definition) is 5. The van der Waals surface area contributed by atoms with Gasteiger partial charge in [0.05, 0.1) is 6.54 Å². The van der Waals surface area contributed by atoms with E-state index in [2.05, 4.69) is 66.1 Å². The number of aliphatic imine (C=N–C) groups is 2. The van der Waals surface area contributed by atoms with Crippen LogP contribution < -0.4 is 16.4 Å². The summed E-state index contributed by atoms with van der Waals surface area (Å²) in [6, 6.07) is 16.6. The molecule has 0 radical (unpaired) electrons. The number of nitrogens with one attached hydrogen (secondary N) is 3. The van der Waals surface area contributed by atoms with Gasteiger partial charge in [-0.3, -0.25) is 9.69 Å². The van der Waals surface area contributed by atoms with Crippen molar-refractivity contribution in [3.63, 3.8) is 0 Å². The van der Waals surface area contributed by atoms with Crippen molar-refractivity contribution in [2.24, 2.45) is 21.6 Å². The van der Waals surface area contributed by atoms with E-state index in [4.69, 9.17) is 15.7 Å². The predicted octanol–water partition coefficient (Wildman–Crippen LogP) is 6.35. The zero-order valence-electron chi connectivity index (χ0n) is 26.9. The van der Waals surface area contributed by atoms with Crippen LogP contribution in [0.2, 0.25) is 0 Å². The van der Waals surface area contributed by atoms with Crippen LogP contribution in [-0.2, 0) is 11.3 Å². The lowest BCUT2D eigenvalue weighted by Gasteiger charge is -2.38. The number of H-pyrrole nitrogens is 1. The fourth-order valence-electron chi connectivity index (χ4n) is 5.73. The van der Waals surface area contributed by atoms with Crippen LogP contribution in [0.25, 0.3) is 22.2 Å². The third-order valence-corrected chi connectivity index (χ3v) is 8.34. The van der Waals surface area contributed by atoms with Crippen molar-refractivity contribution in [3.8, 4) is 11.3 Å². The van der Waals surface area contributed by atoms with Gasteiger partial charge in [-0.2, -0.15) is 4.99 Å². The first kappa shape index (κ1) is 31.8. The molecule has 0 saturated carbocycles. The lowest BCUT2D eigenvalue weighted by molar-refractivity contribution is -0.111. The number of aromatic amines is 1. The molecule has 3 heterocycles. The smallest absolute Gasteiger partial charge is 0.248 e. The fourth-order valence-corrected chi connectivity index (χ4v) is 5.73. The summed E-state index contributed by atoms with van der Waals surface area (Å²) < 4.78 is 0. The van der Waals surface area contributed by atoms with Gasteiger partial charge in [-0.1, -0.05) is 70.2 Å². The second kappa shape index (κ2) is 14.4. The van der Waals surface area contributed by atoms with Gasteiger partial charge in [0.15, 0.2) is 0 Å². The Morgan fingerprint density at radius 1 is 1.20 bits per heavy atom. The summed E-state index contributed by atoms with van der Waals surface area (Å²) in [5.41, 5.74) is 12.2. The van der Waals surface area contributed by atoms with E-state index in [0.29, 0.717) is 12.5 Å². The highest BCUT2D eigenvalue weighted by molar-refractivity contribution is 6.01. The van der Waals surface area contributed by atoms with E-state index in [9.17, 15) is 4.79 Å². The van der Waals surface area contributed by atoms with E-state index >= 15 is 0 Å². The summed E-state index contributed by atoms with van der Waals surface area (Å²) in [4.78, 5) is 30.2. The Kier molecular flexibility index (Phi) is 10.2. The first-order valence-electron chi connectivity index (χ1n) is 16.0. The lowest BCUT2D eigenvalue weighted by atomic mass is 10.0. The number of unbranched alkanes of at least 4 members (excludes halogenated alkanes) is 1. The molecule has 2 aliphatic rings. The molecule has 9 heteroatoms. The number of hydrogen-bond donors (Lipinski definition) is 4. The Labute approximate surface area is 266 Å². The van der Waals surface area contributed by atoms with E-state index < -0.39 is 0 Å². The van der Waals surface area contributed by atoms with Crippen molar-refractivity contribution in [1.82, 2.24) is 20.1 Å². The number of allylic oxidation sites excluding steroid dienone is 3. The zero-order chi connectivity index (χ0) is 31.9. The molecule has 236 valence electrons. The molecule has 9 nitrogen and oxygen atoms in total. The standard InChI is InChI=1S/C36H46N8O/c1-6-8-9-14-33(45)39-28-15-16-31-26(21-28)22-32(40-31)30-13-11-10-12-25(30)23-38-35-42-36(44-19-17-27(37)18-20-44)41-34(43(35)5)29(7-2)24(3)4/h7,9-16,21-22,24,27,40H,2,6,8,17-20,23,37H2,1,3-5H3,(H,39,45)(H,38,41,42)/b14-9+,34-29+. The monoisotopic (exact) mass is 606 g/mol. The van der Waals surface area contributed by atoms with Crippen LogP contribution in [0.3, 0.4) is 0 Å². The molecular weight excluding hydrogens is 560 g/mol. The van der Waals surface area contributed by atoms with Gasteiger partial charge < -0.3 is 26.3 Å². The van der Waals surface area contributed by atoms with Gasteiger partial charge in [0, 0.05) is 54.0 Å². The molecule has 1 amide bonds. The van der Waals surface area contributed by atoms with Crippen molar-refractivity contribution >= 4 is 34.4 Å². The van der Waals surface area contributed by atoms with Crippen LogP contribution in [0.15, 0.2) is 94.7 Å². The minimum Gasteiger partial charge on any atom is -0.355 e. The van der Waals surface area contributed by atoms with E-state index in [0.717, 1.165) is 89.5 Å². The molecule has 0 atom stereocenters. The molecular formula is C36H46N8O. The average Bonchev–Trinajstić information content (AvgIpc) is 3.45. The van der Waals surface area contributed by atoms with Crippen molar-refractivity contribution in [2.45, 2.75) is 59.0 Å². The summed E-state index contributed by atoms with van der Waals surface area (Å²) in [5, 5.41) is 7.57. The Balaban J connectivity index is 1.43. The largest absolute Gasteiger partial charge is 0.355 e. The Hall–Kier alpha value is -4.63. The Bertz CT molecular complexity index is 1650. The summed E-state index contributed by atoms with van der Waals surface area (Å²) >= 11 is 0. The van der Waals surface area contributed by atoms with Crippen molar-refractivity contribution in [1.29, 1.82) is 0 Å². The maximum Gasteiger partial charge on any atom is 0.248 e. The van der Waals surface area contributed by atoms with Crippen LogP contribution in [0, 0.1) is 5.92 Å². The van der Waals surface area contributed by atoms with Crippen LogP contribution >= 0.6 is 0 Å². The minimum atomic E-state index is -0.118. The van der Waals surface area contributed by atoms with Gasteiger partial charge in [0.2, 0.25) is 17.8 Å². The summed E-state index contributed by atoms with van der Waals surface area (Å²) in [6.45, 7) is 12.7. The fraction of sp³-hybridized carbons (Fsp3) is 0.361. The number of carbonyl (C=O) groups is 1. The van der Waals surface area contributed by atoms with Gasteiger partial charge >= 0.3 is 0 Å². The number of anilines is 1. The van der Waals surface area contributed by atoms with Crippen LogP contribution in [0.1, 0.15) is 52.0 Å². The number of fused-ring (bicyclic) bond motifs is 1. The van der Waals surface area contributed by atoms with Gasteiger partial charge in [0.25, 0.3) is 0 Å². The van der Waals surface area contributed by atoms with Crippen molar-refractivity contribution in [2.75, 3.05) is 25.5 Å². The van der Waals surface area contributed by atoms with E-state index in [1.54, 1.807) is 6.08 Å². The van der Waals surface area contributed by atoms with Crippen LogP contribution in [-0.4, -0.2) is 58.8 Å². The van der Waals surface area contributed by atoms with Gasteiger partial charge in [-0.15, -0.1) is 0 Å². The molecule has 0 spiro atoms. The number of benzene rings is 2. The molecule has 1 saturated heterocycles. The van der Waals surface area contributed by atoms with E-state index in [-0.39, 0.29) is 17.9 Å². The second-order valence-electron chi connectivity index (χ2n) is 12.0. The number of likely N-dealkylation sites (tertiary alicyclic amines) is 1. The quantitative estimate of drug-likeness (QED) is 0.212. The SMILES string of the molecule is C=C/C(=C1/NC(N2CCC(N)CC2)=NC(=NCc2ccccc2-c2cc3cc(NC(=O)/C=C/CCC)ccc3[nH]2)N1C)C(C)C. The molecule has 2 aliphatic heterocycles. The summed E-state index contributed by atoms with van der Waals surface area (Å²) in [6.07, 6.45) is 9.19. The number of amides is 1. The maximum absolute atomic E-state index is 12.3. The number of aromatic nitrogens is 1. The molecule has 1 fully saturated rings. The normalized spacial score (nSPS) is 18.1. The van der Waals surface area contributed by atoms with E-state index in [1.165, 1.54) is 0 Å². The van der Waals surface area contributed by atoms with Crippen molar-refractivity contribution in [3.05, 3.63) is 90.3 Å². The third kappa shape index (κ3) is 7.54. The highest BCUT2D eigenvalue weighted by atomic mass is 16.1. The number of rotatable bonds is 9. The Morgan fingerprint density at radius 2 is 1.98 bits per heavy atom. The maximum atomic E-state index is 12.3. The van der Waals surface area contributed by atoms with Gasteiger partial charge in [-0.25, -0.2) is 4.99 Å². The minimum absolute atomic E-state index is 0.118. The molecule has 1 aromatic heterocycles. The summed E-state index contributed by atoms with van der Waals surface area (Å²) in [5.74, 6) is 2.56. The number of guanidine groups is 2. The van der Waals surface area contributed by atoms with Crippen molar-refractivity contribution < 1.29 is 4.79 Å². The number of nitrogens with zero attached hydrogens (tertiary/aromatic N) is 4. The lowest BCUT2D eigenvalue weighted by Crippen LogP contribution is -2.53. The van der Waals surface area contributed by atoms with E-state index in [1.807, 2.05) is 54.4 Å². The molecule has 2 aromatic carbocycles. The molecule has 5 rings (SSSR count). The molecule has 0 bridgehead atoms. The third-order valence-electron chi connectivity index (χ3n) is 8.34. The summed E-state index contributed by atoms with van der Waals surface area (Å²) in [7, 11) is 2.00.